The lowest BCUT2D eigenvalue weighted by Gasteiger charge is -2.31. The lowest BCUT2D eigenvalue weighted by atomic mass is 9.71. The van der Waals surface area contributed by atoms with Crippen LogP contribution in [0.3, 0.4) is 0 Å². The molecule has 5 nitrogen and oxygen atoms in total. The van der Waals surface area contributed by atoms with E-state index in [1.54, 1.807) is 6.07 Å². The van der Waals surface area contributed by atoms with Gasteiger partial charge in [-0.05, 0) is 18.9 Å². The van der Waals surface area contributed by atoms with Gasteiger partial charge in [0, 0.05) is 22.1 Å². The van der Waals surface area contributed by atoms with Gasteiger partial charge in [-0.3, -0.25) is 9.59 Å². The van der Waals surface area contributed by atoms with Gasteiger partial charge in [0.25, 0.3) is 0 Å². The molecule has 1 aliphatic carbocycles. The molecule has 1 N–H and O–H groups in total. The van der Waals surface area contributed by atoms with Crippen molar-refractivity contribution in [1.29, 1.82) is 0 Å². The maximum atomic E-state index is 14.5. The molecule has 122 valence electrons. The SMILES string of the molecule is COc1cc2sc(C(=O)[C@@H]3CC[C@@H]3C(=O)O)cc2c(F)c1OC. The highest BCUT2D eigenvalue weighted by Crippen LogP contribution is 2.42. The van der Waals surface area contributed by atoms with E-state index in [4.69, 9.17) is 14.6 Å². The molecule has 23 heavy (non-hydrogen) atoms. The number of methoxy groups -OCH3 is 2. The smallest absolute Gasteiger partial charge is 0.307 e. The molecule has 0 unspecified atom stereocenters. The number of hydrogen-bond donors (Lipinski definition) is 1. The second kappa shape index (κ2) is 5.81. The molecule has 0 aliphatic heterocycles. The molecule has 0 spiro atoms. The van der Waals surface area contributed by atoms with Crippen molar-refractivity contribution in [2.75, 3.05) is 14.2 Å². The van der Waals surface area contributed by atoms with Crippen LogP contribution < -0.4 is 9.47 Å². The number of aliphatic carboxylic acids is 1. The van der Waals surface area contributed by atoms with Crippen molar-refractivity contribution in [1.82, 2.24) is 0 Å². The third-order valence-electron chi connectivity index (χ3n) is 4.28. The number of fused-ring (bicyclic) bond motifs is 1. The monoisotopic (exact) mass is 338 g/mol. The van der Waals surface area contributed by atoms with Crippen molar-refractivity contribution in [2.24, 2.45) is 11.8 Å². The topological polar surface area (TPSA) is 72.8 Å². The zero-order valence-electron chi connectivity index (χ0n) is 12.6. The molecular weight excluding hydrogens is 323 g/mol. The van der Waals surface area contributed by atoms with Gasteiger partial charge in [-0.2, -0.15) is 0 Å². The fourth-order valence-electron chi connectivity index (χ4n) is 2.85. The van der Waals surface area contributed by atoms with Gasteiger partial charge in [0.15, 0.2) is 23.1 Å². The highest BCUT2D eigenvalue weighted by Gasteiger charge is 2.42. The molecule has 3 rings (SSSR count). The van der Waals surface area contributed by atoms with E-state index in [9.17, 15) is 14.0 Å². The van der Waals surface area contributed by atoms with E-state index in [-0.39, 0.29) is 22.7 Å². The normalized spacial score (nSPS) is 20.1. The molecule has 1 saturated carbocycles. The predicted octanol–water partition coefficient (Wildman–Crippen LogP) is 3.35. The van der Waals surface area contributed by atoms with Crippen molar-refractivity contribution in [3.63, 3.8) is 0 Å². The highest BCUT2D eigenvalue weighted by molar-refractivity contribution is 7.20. The number of carboxylic acids is 1. The quantitative estimate of drug-likeness (QED) is 0.847. The Morgan fingerprint density at radius 1 is 1.22 bits per heavy atom. The highest BCUT2D eigenvalue weighted by atomic mass is 32.1. The first-order valence-corrected chi connectivity index (χ1v) is 7.90. The number of ketones is 1. The molecule has 1 aromatic heterocycles. The molecule has 2 atom stereocenters. The second-order valence-electron chi connectivity index (χ2n) is 5.44. The summed E-state index contributed by atoms with van der Waals surface area (Å²) in [7, 11) is 2.76. The van der Waals surface area contributed by atoms with E-state index >= 15 is 0 Å². The van der Waals surface area contributed by atoms with Gasteiger partial charge in [0.2, 0.25) is 0 Å². The molecule has 0 saturated heterocycles. The second-order valence-corrected chi connectivity index (χ2v) is 6.53. The molecule has 0 bridgehead atoms. The Kier molecular flexibility index (Phi) is 3.97. The Balaban J connectivity index is 2.02. The van der Waals surface area contributed by atoms with Crippen LogP contribution in [0.1, 0.15) is 22.5 Å². The zero-order chi connectivity index (χ0) is 16.7. The number of benzene rings is 1. The summed E-state index contributed by atoms with van der Waals surface area (Å²) in [4.78, 5) is 23.9. The largest absolute Gasteiger partial charge is 0.493 e. The fourth-order valence-corrected chi connectivity index (χ4v) is 3.94. The minimum Gasteiger partial charge on any atom is -0.493 e. The lowest BCUT2D eigenvalue weighted by molar-refractivity contribution is -0.146. The van der Waals surface area contributed by atoms with Gasteiger partial charge >= 0.3 is 5.97 Å². The lowest BCUT2D eigenvalue weighted by Crippen LogP contribution is -2.37. The van der Waals surface area contributed by atoms with Gasteiger partial charge in [-0.15, -0.1) is 11.3 Å². The van der Waals surface area contributed by atoms with Gasteiger partial charge in [0.1, 0.15) is 0 Å². The van der Waals surface area contributed by atoms with Crippen LogP contribution in [0.5, 0.6) is 11.5 Å². The standard InChI is InChI=1S/C16H15FO5S/c1-21-10-6-11-9(13(17)15(10)22-2)5-12(23-11)14(18)7-3-4-8(7)16(19)20/h5-8H,3-4H2,1-2H3,(H,19,20)/t7-,8+/m1/s1. The number of carbonyl (C=O) groups excluding carboxylic acids is 1. The first kappa shape index (κ1) is 15.7. The summed E-state index contributed by atoms with van der Waals surface area (Å²) in [6, 6.07) is 3.09. The summed E-state index contributed by atoms with van der Waals surface area (Å²) >= 11 is 1.14. The Labute approximate surface area is 135 Å². The van der Waals surface area contributed by atoms with E-state index in [0.29, 0.717) is 22.4 Å². The first-order valence-electron chi connectivity index (χ1n) is 7.09. The van der Waals surface area contributed by atoms with Gasteiger partial charge in [-0.1, -0.05) is 0 Å². The molecule has 1 aliphatic rings. The average Bonchev–Trinajstić information content (AvgIpc) is 2.89. The summed E-state index contributed by atoms with van der Waals surface area (Å²) in [5, 5.41) is 9.36. The van der Waals surface area contributed by atoms with E-state index in [1.165, 1.54) is 20.3 Å². The minimum absolute atomic E-state index is 0.0103. The molecular formula is C16H15FO5S. The number of carbonyl (C=O) groups is 2. The molecule has 1 aromatic carbocycles. The summed E-state index contributed by atoms with van der Waals surface area (Å²) in [6.07, 6.45) is 1.06. The maximum absolute atomic E-state index is 14.5. The maximum Gasteiger partial charge on any atom is 0.307 e. The van der Waals surface area contributed by atoms with Gasteiger partial charge in [0.05, 0.1) is 25.0 Å². The minimum atomic E-state index is -0.953. The third kappa shape index (κ3) is 2.45. The van der Waals surface area contributed by atoms with E-state index in [1.807, 2.05) is 0 Å². The zero-order valence-corrected chi connectivity index (χ0v) is 13.4. The molecule has 1 heterocycles. The van der Waals surface area contributed by atoms with Crippen LogP contribution in [0.2, 0.25) is 0 Å². The summed E-state index contributed by atoms with van der Waals surface area (Å²) in [5.74, 6) is -2.68. The molecule has 1 fully saturated rings. The summed E-state index contributed by atoms with van der Waals surface area (Å²) in [6.45, 7) is 0. The third-order valence-corrected chi connectivity index (χ3v) is 5.37. The van der Waals surface area contributed by atoms with Gasteiger partial charge in [-0.25, -0.2) is 4.39 Å². The van der Waals surface area contributed by atoms with Crippen LogP contribution in [0, 0.1) is 17.7 Å². The first-order chi connectivity index (χ1) is 11.0. The Morgan fingerprint density at radius 3 is 2.43 bits per heavy atom. The van der Waals surface area contributed by atoms with E-state index in [0.717, 1.165) is 11.3 Å². The van der Waals surface area contributed by atoms with Crippen molar-refractivity contribution < 1.29 is 28.6 Å². The van der Waals surface area contributed by atoms with Crippen LogP contribution in [0.4, 0.5) is 4.39 Å². The number of carboxylic acid groups (broad SMARTS) is 1. The Morgan fingerprint density at radius 2 is 1.91 bits per heavy atom. The van der Waals surface area contributed by atoms with Crippen molar-refractivity contribution in [2.45, 2.75) is 12.8 Å². The molecule has 0 radical (unpaired) electrons. The summed E-state index contributed by atoms with van der Waals surface area (Å²) < 4.78 is 25.2. The Hall–Kier alpha value is -2.15. The van der Waals surface area contributed by atoms with Crippen LogP contribution in [0.25, 0.3) is 10.1 Å². The molecule has 7 heteroatoms. The van der Waals surface area contributed by atoms with Crippen LogP contribution in [-0.2, 0) is 4.79 Å². The number of thiophene rings is 1. The van der Waals surface area contributed by atoms with Gasteiger partial charge < -0.3 is 14.6 Å². The summed E-state index contributed by atoms with van der Waals surface area (Å²) in [5.41, 5.74) is 0. The number of halogens is 1. The predicted molar refractivity (Wildman–Crippen MR) is 83.1 cm³/mol. The fraction of sp³-hybridized carbons (Fsp3) is 0.375. The number of Topliss-reactive ketones (excluding diaryl/α,β-unsaturated/α-hetero) is 1. The van der Waals surface area contributed by atoms with Crippen LogP contribution in [0.15, 0.2) is 12.1 Å². The van der Waals surface area contributed by atoms with Crippen molar-refractivity contribution in [3.8, 4) is 11.5 Å². The van der Waals surface area contributed by atoms with Crippen LogP contribution in [-0.4, -0.2) is 31.1 Å². The Bertz CT molecular complexity index is 797. The van der Waals surface area contributed by atoms with Crippen molar-refractivity contribution >= 4 is 33.2 Å². The van der Waals surface area contributed by atoms with E-state index < -0.39 is 23.6 Å². The number of hydrogen-bond acceptors (Lipinski definition) is 5. The molecule has 0 amide bonds. The van der Waals surface area contributed by atoms with E-state index in [2.05, 4.69) is 0 Å². The van der Waals surface area contributed by atoms with Crippen LogP contribution >= 0.6 is 11.3 Å². The number of rotatable bonds is 5. The number of ether oxygens (including phenoxy) is 2. The average molecular weight is 338 g/mol. The van der Waals surface area contributed by atoms with Crippen molar-refractivity contribution in [3.05, 3.63) is 22.8 Å². The molecule has 2 aromatic rings.